The quantitative estimate of drug-likeness (QED) is 0.275. The van der Waals surface area contributed by atoms with Crippen LogP contribution in [0.15, 0.2) is 77.3 Å². The van der Waals surface area contributed by atoms with E-state index in [1.54, 1.807) is 11.0 Å². The number of nitrogens with zero attached hydrogens (tertiary/aromatic N) is 2. The van der Waals surface area contributed by atoms with Gasteiger partial charge >= 0.3 is 0 Å². The van der Waals surface area contributed by atoms with Crippen molar-refractivity contribution in [2.45, 2.75) is 52.6 Å². The zero-order chi connectivity index (χ0) is 29.3. The smallest absolute Gasteiger partial charge is 0.243 e. The Balaban J connectivity index is 1.86. The Labute approximate surface area is 246 Å². The first-order valence-corrected chi connectivity index (χ1v) is 16.0. The Morgan fingerprint density at radius 3 is 2.20 bits per heavy atom. The summed E-state index contributed by atoms with van der Waals surface area (Å²) in [5.41, 5.74) is 4.49. The lowest BCUT2D eigenvalue weighted by Gasteiger charge is -2.32. The van der Waals surface area contributed by atoms with E-state index >= 15 is 0 Å². The van der Waals surface area contributed by atoms with Crippen LogP contribution >= 0.6 is 15.9 Å². The van der Waals surface area contributed by atoms with Crippen molar-refractivity contribution in [1.82, 2.24) is 10.2 Å². The molecule has 0 saturated heterocycles. The van der Waals surface area contributed by atoms with Gasteiger partial charge in [-0.1, -0.05) is 64.5 Å². The molecule has 0 bridgehead atoms. The van der Waals surface area contributed by atoms with E-state index in [0.29, 0.717) is 25.1 Å². The van der Waals surface area contributed by atoms with E-state index in [4.69, 9.17) is 0 Å². The first kappa shape index (κ1) is 31.4. The van der Waals surface area contributed by atoms with Crippen molar-refractivity contribution in [2.75, 3.05) is 23.7 Å². The molecule has 40 heavy (non-hydrogen) atoms. The van der Waals surface area contributed by atoms with Crippen LogP contribution in [0.5, 0.6) is 0 Å². The minimum Gasteiger partial charge on any atom is -0.355 e. The summed E-state index contributed by atoms with van der Waals surface area (Å²) in [6.45, 7) is 6.63. The number of nitrogens with one attached hydrogen (secondary N) is 1. The molecule has 0 fully saturated rings. The lowest BCUT2D eigenvalue weighted by molar-refractivity contribution is -0.141. The van der Waals surface area contributed by atoms with E-state index in [2.05, 4.69) is 21.2 Å². The van der Waals surface area contributed by atoms with Crippen molar-refractivity contribution < 1.29 is 18.0 Å². The molecule has 0 aliphatic carbocycles. The monoisotopic (exact) mass is 627 g/mol. The van der Waals surface area contributed by atoms with Crippen molar-refractivity contribution in [3.63, 3.8) is 0 Å². The Hall–Kier alpha value is -3.17. The van der Waals surface area contributed by atoms with Crippen LogP contribution in [0.1, 0.15) is 42.0 Å². The number of likely N-dealkylation sites (N-methyl/N-ethyl adjacent to an activating group) is 1. The highest BCUT2D eigenvalue weighted by molar-refractivity contribution is 9.10. The van der Waals surface area contributed by atoms with Crippen LogP contribution in [0.4, 0.5) is 5.69 Å². The largest absolute Gasteiger partial charge is 0.355 e. The number of sulfonamides is 1. The molecule has 2 amide bonds. The molecule has 7 nitrogen and oxygen atoms in total. The van der Waals surface area contributed by atoms with Gasteiger partial charge in [-0.25, -0.2) is 8.42 Å². The van der Waals surface area contributed by atoms with Crippen LogP contribution in [0, 0.1) is 13.8 Å². The number of hydrogen-bond donors (Lipinski definition) is 1. The van der Waals surface area contributed by atoms with Gasteiger partial charge in [-0.2, -0.15) is 0 Å². The van der Waals surface area contributed by atoms with Gasteiger partial charge in [0, 0.05) is 36.9 Å². The average molecular weight is 629 g/mol. The van der Waals surface area contributed by atoms with Gasteiger partial charge in [0.05, 0.1) is 11.9 Å². The van der Waals surface area contributed by atoms with Crippen LogP contribution in [-0.4, -0.2) is 50.5 Å². The summed E-state index contributed by atoms with van der Waals surface area (Å²) in [6, 6.07) is 22.1. The molecule has 0 radical (unpaired) electrons. The number of halogens is 1. The third-order valence-corrected chi connectivity index (χ3v) is 8.54. The van der Waals surface area contributed by atoms with Crippen molar-refractivity contribution in [3.05, 3.63) is 99.5 Å². The number of amides is 2. The summed E-state index contributed by atoms with van der Waals surface area (Å²) in [4.78, 5) is 28.7. The fourth-order valence-electron chi connectivity index (χ4n) is 4.52. The van der Waals surface area contributed by atoms with Crippen LogP contribution in [0.25, 0.3) is 0 Å². The lowest BCUT2D eigenvalue weighted by atomic mass is 10.0. The van der Waals surface area contributed by atoms with Crippen molar-refractivity contribution in [3.8, 4) is 0 Å². The molecule has 0 saturated carbocycles. The van der Waals surface area contributed by atoms with Crippen LogP contribution in [0.2, 0.25) is 0 Å². The second kappa shape index (κ2) is 14.5. The second-order valence-electron chi connectivity index (χ2n) is 9.96. The molecule has 9 heteroatoms. The highest BCUT2D eigenvalue weighted by Crippen LogP contribution is 2.23. The fraction of sp³-hybridized carbons (Fsp3) is 0.355. The summed E-state index contributed by atoms with van der Waals surface area (Å²) < 4.78 is 27.6. The Kier molecular flexibility index (Phi) is 11.3. The van der Waals surface area contributed by atoms with Crippen molar-refractivity contribution in [1.29, 1.82) is 0 Å². The highest BCUT2D eigenvalue weighted by Gasteiger charge is 2.30. The minimum atomic E-state index is -3.56. The molecule has 214 valence electrons. The first-order valence-electron chi connectivity index (χ1n) is 13.4. The summed E-state index contributed by atoms with van der Waals surface area (Å²) >= 11 is 3.45. The predicted octanol–water partition coefficient (Wildman–Crippen LogP) is 5.39. The molecule has 3 rings (SSSR count). The third-order valence-electron chi connectivity index (χ3n) is 6.82. The lowest BCUT2D eigenvalue weighted by Crippen LogP contribution is -2.50. The van der Waals surface area contributed by atoms with E-state index in [1.807, 2.05) is 87.5 Å². The Morgan fingerprint density at radius 2 is 1.60 bits per heavy atom. The number of anilines is 1. The average Bonchev–Trinajstić information content (AvgIpc) is 2.91. The minimum absolute atomic E-state index is 0.0953. The van der Waals surface area contributed by atoms with Gasteiger partial charge in [0.2, 0.25) is 21.8 Å². The Bertz CT molecular complexity index is 1400. The molecular formula is C31H38BrN3O4S. The van der Waals surface area contributed by atoms with Gasteiger partial charge in [-0.05, 0) is 73.7 Å². The van der Waals surface area contributed by atoms with Gasteiger partial charge in [-0.3, -0.25) is 13.9 Å². The van der Waals surface area contributed by atoms with Gasteiger partial charge in [0.25, 0.3) is 0 Å². The number of rotatable bonds is 13. The highest BCUT2D eigenvalue weighted by atomic mass is 79.9. The van der Waals surface area contributed by atoms with Crippen molar-refractivity contribution >= 4 is 43.5 Å². The fourth-order valence-corrected chi connectivity index (χ4v) is 5.74. The van der Waals surface area contributed by atoms with E-state index in [0.717, 1.165) is 26.7 Å². The molecule has 0 heterocycles. The predicted molar refractivity (Wildman–Crippen MR) is 165 cm³/mol. The first-order chi connectivity index (χ1) is 19.0. The molecular weight excluding hydrogens is 590 g/mol. The SMILES string of the molecule is CCNC(=O)C(Cc1ccccc1)N(Cc1ccc(Br)cc1)C(=O)CCCN(c1ccc(C)c(C)c1)S(C)(=O)=O. The van der Waals surface area contributed by atoms with Gasteiger partial charge < -0.3 is 10.2 Å². The zero-order valence-corrected chi connectivity index (χ0v) is 26.0. The molecule has 3 aromatic rings. The number of aryl methyl sites for hydroxylation is 2. The summed E-state index contributed by atoms with van der Waals surface area (Å²) in [5.74, 6) is -0.423. The number of carbonyl (C=O) groups is 2. The van der Waals surface area contributed by atoms with E-state index in [9.17, 15) is 18.0 Å². The molecule has 3 aromatic carbocycles. The summed E-state index contributed by atoms with van der Waals surface area (Å²) in [7, 11) is -3.56. The molecule has 0 aromatic heterocycles. The molecule has 0 spiro atoms. The van der Waals surface area contributed by atoms with E-state index in [-0.39, 0.29) is 31.3 Å². The van der Waals surface area contributed by atoms with Gasteiger partial charge in [0.15, 0.2) is 0 Å². The molecule has 1 atom stereocenters. The van der Waals surface area contributed by atoms with Crippen LogP contribution in [0.3, 0.4) is 0 Å². The van der Waals surface area contributed by atoms with E-state index < -0.39 is 16.1 Å². The van der Waals surface area contributed by atoms with Crippen LogP contribution < -0.4 is 9.62 Å². The molecule has 1 N–H and O–H groups in total. The molecule has 1 unspecified atom stereocenters. The topological polar surface area (TPSA) is 86.8 Å². The molecule has 0 aliphatic rings. The maximum Gasteiger partial charge on any atom is 0.243 e. The standard InChI is InChI=1S/C31H38BrN3O4S/c1-5-33-31(37)29(21-25-10-7-6-8-11-25)34(22-26-14-16-27(32)17-15-26)30(36)12-9-19-35(40(4,38)39)28-18-13-23(2)24(3)20-28/h6-8,10-11,13-18,20,29H,5,9,12,19,21-22H2,1-4H3,(H,33,37). The zero-order valence-electron chi connectivity index (χ0n) is 23.6. The maximum absolute atomic E-state index is 13.8. The van der Waals surface area contributed by atoms with Gasteiger partial charge in [0.1, 0.15) is 6.04 Å². The van der Waals surface area contributed by atoms with E-state index in [1.165, 1.54) is 10.6 Å². The normalized spacial score (nSPS) is 12.0. The van der Waals surface area contributed by atoms with Gasteiger partial charge in [-0.15, -0.1) is 0 Å². The summed E-state index contributed by atoms with van der Waals surface area (Å²) in [5, 5.41) is 2.89. The number of hydrogen-bond acceptors (Lipinski definition) is 4. The van der Waals surface area contributed by atoms with Crippen LogP contribution in [-0.2, 0) is 32.6 Å². The summed E-state index contributed by atoms with van der Waals surface area (Å²) in [6.07, 6.45) is 1.95. The third kappa shape index (κ3) is 8.93. The number of carbonyl (C=O) groups excluding carboxylic acids is 2. The Morgan fingerprint density at radius 1 is 0.925 bits per heavy atom. The maximum atomic E-state index is 13.8. The molecule has 0 aliphatic heterocycles. The second-order valence-corrected chi connectivity index (χ2v) is 12.8. The number of benzene rings is 3. The van der Waals surface area contributed by atoms with Crippen molar-refractivity contribution in [2.24, 2.45) is 0 Å².